The van der Waals surface area contributed by atoms with Crippen molar-refractivity contribution < 1.29 is 17.9 Å². The van der Waals surface area contributed by atoms with Crippen molar-refractivity contribution in [3.05, 3.63) is 59.7 Å². The van der Waals surface area contributed by atoms with E-state index in [-0.39, 0.29) is 17.7 Å². The van der Waals surface area contributed by atoms with Gasteiger partial charge in [-0.05, 0) is 54.8 Å². The number of methoxy groups -OCH3 is 1. The van der Waals surface area contributed by atoms with Gasteiger partial charge in [-0.15, -0.1) is 0 Å². The Morgan fingerprint density at radius 2 is 1.81 bits per heavy atom. The second kappa shape index (κ2) is 8.00. The molecule has 1 aliphatic rings. The number of ether oxygens (including phenoxy) is 1. The summed E-state index contributed by atoms with van der Waals surface area (Å²) in [5.74, 6) is 0.760. The predicted octanol–water partition coefficient (Wildman–Crippen LogP) is 3.12. The first kappa shape index (κ1) is 19.2. The Hall–Kier alpha value is -2.54. The molecule has 0 radical (unpaired) electrons. The van der Waals surface area contributed by atoms with E-state index in [1.54, 1.807) is 31.4 Å². The average Bonchev–Trinajstić information content (AvgIpc) is 3.05. The minimum absolute atomic E-state index is 0.109. The molecule has 1 atom stereocenters. The van der Waals surface area contributed by atoms with E-state index in [0.29, 0.717) is 24.2 Å². The molecule has 1 unspecified atom stereocenters. The first-order chi connectivity index (χ1) is 12.9. The van der Waals surface area contributed by atoms with Crippen molar-refractivity contribution in [2.24, 2.45) is 0 Å². The van der Waals surface area contributed by atoms with Gasteiger partial charge in [0.15, 0.2) is 0 Å². The molecule has 144 valence electrons. The number of nitrogens with one attached hydrogen (secondary N) is 1. The van der Waals surface area contributed by atoms with E-state index in [4.69, 9.17) is 4.74 Å². The molecule has 1 saturated heterocycles. The van der Waals surface area contributed by atoms with E-state index in [2.05, 4.69) is 5.32 Å². The largest absolute Gasteiger partial charge is 0.497 e. The normalized spacial score (nSPS) is 16.7. The van der Waals surface area contributed by atoms with E-state index < -0.39 is 10.0 Å². The quantitative estimate of drug-likeness (QED) is 0.825. The van der Waals surface area contributed by atoms with Crippen molar-refractivity contribution in [2.45, 2.75) is 25.8 Å². The maximum atomic E-state index is 12.6. The van der Waals surface area contributed by atoms with Crippen molar-refractivity contribution >= 4 is 21.6 Å². The van der Waals surface area contributed by atoms with Crippen LogP contribution in [0, 0.1) is 0 Å². The minimum Gasteiger partial charge on any atom is -0.497 e. The SMILES string of the molecule is CCC(NC(=O)c1ccc(N2CCCS2(=O)=O)cc1)c1ccc(OC)cc1. The number of nitrogens with zero attached hydrogens (tertiary/aromatic N) is 1. The molecule has 1 heterocycles. The number of amides is 1. The molecule has 0 spiro atoms. The van der Waals surface area contributed by atoms with E-state index in [1.807, 2.05) is 31.2 Å². The van der Waals surface area contributed by atoms with E-state index >= 15 is 0 Å². The zero-order valence-corrected chi connectivity index (χ0v) is 16.3. The summed E-state index contributed by atoms with van der Waals surface area (Å²) in [6.45, 7) is 2.50. The third kappa shape index (κ3) is 4.24. The van der Waals surface area contributed by atoms with Crippen LogP contribution in [0.1, 0.15) is 41.7 Å². The van der Waals surface area contributed by atoms with Crippen LogP contribution in [0.5, 0.6) is 5.75 Å². The van der Waals surface area contributed by atoms with Gasteiger partial charge < -0.3 is 10.1 Å². The molecule has 7 heteroatoms. The van der Waals surface area contributed by atoms with Gasteiger partial charge in [-0.2, -0.15) is 0 Å². The van der Waals surface area contributed by atoms with Gasteiger partial charge in [-0.25, -0.2) is 8.42 Å². The average molecular weight is 388 g/mol. The van der Waals surface area contributed by atoms with Crippen LogP contribution in [-0.2, 0) is 10.0 Å². The summed E-state index contributed by atoms with van der Waals surface area (Å²) in [7, 11) is -1.60. The predicted molar refractivity (Wildman–Crippen MR) is 106 cm³/mol. The Morgan fingerprint density at radius 1 is 1.15 bits per heavy atom. The van der Waals surface area contributed by atoms with E-state index in [1.165, 1.54) is 4.31 Å². The molecule has 0 aromatic heterocycles. The van der Waals surface area contributed by atoms with Gasteiger partial charge in [-0.3, -0.25) is 9.10 Å². The number of sulfonamides is 1. The Labute approximate surface area is 160 Å². The highest BCUT2D eigenvalue weighted by molar-refractivity contribution is 7.93. The van der Waals surface area contributed by atoms with Gasteiger partial charge in [0.25, 0.3) is 5.91 Å². The highest BCUT2D eigenvalue weighted by atomic mass is 32.2. The number of hydrogen-bond donors (Lipinski definition) is 1. The molecule has 2 aromatic carbocycles. The summed E-state index contributed by atoms with van der Waals surface area (Å²) >= 11 is 0. The fraction of sp³-hybridized carbons (Fsp3) is 0.350. The zero-order valence-electron chi connectivity index (χ0n) is 15.5. The highest BCUT2D eigenvalue weighted by Crippen LogP contribution is 2.25. The molecule has 3 rings (SSSR count). The minimum atomic E-state index is -3.22. The standard InChI is InChI=1S/C20H24N2O4S/c1-3-19(15-7-11-18(26-2)12-8-15)21-20(23)16-5-9-17(10-6-16)22-13-4-14-27(22,24)25/h5-12,19H,3-4,13-14H2,1-2H3,(H,21,23). The van der Waals surface area contributed by atoms with Gasteiger partial charge >= 0.3 is 0 Å². The zero-order chi connectivity index (χ0) is 19.4. The smallest absolute Gasteiger partial charge is 0.251 e. The summed E-state index contributed by atoms with van der Waals surface area (Å²) in [5, 5.41) is 3.03. The number of carbonyl (C=O) groups excluding carboxylic acids is 1. The Balaban J connectivity index is 1.71. The van der Waals surface area contributed by atoms with Gasteiger partial charge in [0.05, 0.1) is 24.6 Å². The fourth-order valence-corrected chi connectivity index (χ4v) is 4.77. The number of carbonyl (C=O) groups is 1. The summed E-state index contributed by atoms with van der Waals surface area (Å²) in [4.78, 5) is 12.6. The van der Waals surface area contributed by atoms with Crippen molar-refractivity contribution in [1.82, 2.24) is 5.32 Å². The molecule has 6 nitrogen and oxygen atoms in total. The maximum absolute atomic E-state index is 12.6. The Morgan fingerprint density at radius 3 is 2.33 bits per heavy atom. The topological polar surface area (TPSA) is 75.7 Å². The molecule has 27 heavy (non-hydrogen) atoms. The lowest BCUT2D eigenvalue weighted by molar-refractivity contribution is 0.0935. The number of anilines is 1. The van der Waals surface area contributed by atoms with Gasteiger partial charge in [0.1, 0.15) is 5.75 Å². The van der Waals surface area contributed by atoms with E-state index in [9.17, 15) is 13.2 Å². The fourth-order valence-electron chi connectivity index (χ4n) is 3.21. The van der Waals surface area contributed by atoms with Crippen LogP contribution in [0.2, 0.25) is 0 Å². The maximum Gasteiger partial charge on any atom is 0.251 e. The van der Waals surface area contributed by atoms with Crippen molar-refractivity contribution in [2.75, 3.05) is 23.7 Å². The third-order valence-electron chi connectivity index (χ3n) is 4.75. The number of rotatable bonds is 6. The van der Waals surface area contributed by atoms with Crippen LogP contribution in [0.15, 0.2) is 48.5 Å². The van der Waals surface area contributed by atoms with E-state index in [0.717, 1.165) is 17.7 Å². The summed E-state index contributed by atoms with van der Waals surface area (Å²) in [6.07, 6.45) is 1.38. The summed E-state index contributed by atoms with van der Waals surface area (Å²) in [5.41, 5.74) is 2.11. The van der Waals surface area contributed by atoms with Gasteiger partial charge in [-0.1, -0.05) is 19.1 Å². The van der Waals surface area contributed by atoms with Crippen LogP contribution in [-0.4, -0.2) is 33.7 Å². The van der Waals surface area contributed by atoms with Crippen LogP contribution in [0.3, 0.4) is 0 Å². The summed E-state index contributed by atoms with van der Waals surface area (Å²) < 4.78 is 30.6. The van der Waals surface area contributed by atoms with Crippen molar-refractivity contribution in [1.29, 1.82) is 0 Å². The summed E-state index contributed by atoms with van der Waals surface area (Å²) in [6, 6.07) is 14.2. The second-order valence-electron chi connectivity index (χ2n) is 6.50. The molecule has 0 saturated carbocycles. The third-order valence-corrected chi connectivity index (χ3v) is 6.62. The van der Waals surface area contributed by atoms with Gasteiger partial charge in [0, 0.05) is 12.1 Å². The Bertz CT molecular complexity index is 893. The highest BCUT2D eigenvalue weighted by Gasteiger charge is 2.28. The Kier molecular flexibility index (Phi) is 5.70. The van der Waals surface area contributed by atoms with Crippen LogP contribution >= 0.6 is 0 Å². The van der Waals surface area contributed by atoms with Crippen LogP contribution in [0.25, 0.3) is 0 Å². The number of hydrogen-bond acceptors (Lipinski definition) is 4. The van der Waals surface area contributed by atoms with Crippen LogP contribution < -0.4 is 14.4 Å². The lowest BCUT2D eigenvalue weighted by atomic mass is 10.0. The molecule has 1 aliphatic heterocycles. The second-order valence-corrected chi connectivity index (χ2v) is 8.51. The lowest BCUT2D eigenvalue weighted by Crippen LogP contribution is -2.28. The molecular weight excluding hydrogens is 364 g/mol. The number of benzene rings is 2. The van der Waals surface area contributed by atoms with Crippen LogP contribution in [0.4, 0.5) is 5.69 Å². The molecule has 1 amide bonds. The monoisotopic (exact) mass is 388 g/mol. The molecular formula is C20H24N2O4S. The first-order valence-corrected chi connectivity index (χ1v) is 10.6. The molecule has 0 bridgehead atoms. The lowest BCUT2D eigenvalue weighted by Gasteiger charge is -2.19. The first-order valence-electron chi connectivity index (χ1n) is 9.00. The van der Waals surface area contributed by atoms with Crippen molar-refractivity contribution in [3.8, 4) is 5.75 Å². The molecule has 0 aliphatic carbocycles. The molecule has 2 aromatic rings. The molecule has 1 fully saturated rings. The van der Waals surface area contributed by atoms with Gasteiger partial charge in [0.2, 0.25) is 10.0 Å². The van der Waals surface area contributed by atoms with Crippen molar-refractivity contribution in [3.63, 3.8) is 0 Å². The molecule has 1 N–H and O–H groups in total.